The van der Waals surface area contributed by atoms with Crippen molar-refractivity contribution in [3.8, 4) is 0 Å². The summed E-state index contributed by atoms with van der Waals surface area (Å²) < 4.78 is 0. The van der Waals surface area contributed by atoms with Gasteiger partial charge in [-0.05, 0) is 0 Å². The van der Waals surface area contributed by atoms with Crippen molar-refractivity contribution in [2.75, 3.05) is 6.54 Å². The number of hydrogen-bond acceptors (Lipinski definition) is 6. The molecule has 0 aliphatic carbocycles. The van der Waals surface area contributed by atoms with Crippen molar-refractivity contribution in [2.24, 2.45) is 11.5 Å². The van der Waals surface area contributed by atoms with Crippen molar-refractivity contribution in [1.29, 1.82) is 0 Å². The van der Waals surface area contributed by atoms with Crippen molar-refractivity contribution in [3.05, 3.63) is 6.54 Å². The van der Waals surface area contributed by atoms with Gasteiger partial charge in [0.05, 0.1) is 0 Å². The van der Waals surface area contributed by atoms with Crippen molar-refractivity contribution in [2.45, 2.75) is 27.7 Å². The molecule has 11 heteroatoms. The predicted molar refractivity (Wildman–Crippen MR) is 70.8 cm³/mol. The number of nitrogens with two attached hydrogens (primary N) is 2. The zero-order valence-electron chi connectivity index (χ0n) is 12.2. The topological polar surface area (TPSA) is 201 Å². The van der Waals surface area contributed by atoms with E-state index < -0.39 is 23.9 Å². The molecule has 0 aromatic carbocycles. The van der Waals surface area contributed by atoms with Crippen molar-refractivity contribution in [1.82, 2.24) is 0 Å². The van der Waals surface area contributed by atoms with Crippen LogP contribution in [0, 0.1) is 6.54 Å². The summed E-state index contributed by atoms with van der Waals surface area (Å²) in [7, 11) is 0. The maximum Gasteiger partial charge on any atom is 1.00 e. The van der Waals surface area contributed by atoms with Crippen LogP contribution < -0.4 is 11.5 Å². The van der Waals surface area contributed by atoms with Gasteiger partial charge in [-0.1, -0.05) is 0 Å². The molecular formula is C10H23CuN2O8. The molecular weight excluding hydrogens is 340 g/mol. The van der Waals surface area contributed by atoms with Gasteiger partial charge in [0, 0.05) is 27.7 Å². The minimum absolute atomic E-state index is 0. The Morgan fingerprint density at radius 3 is 0.810 bits per heavy atom. The molecule has 0 amide bonds. The molecule has 0 saturated heterocycles. The van der Waals surface area contributed by atoms with Crippen LogP contribution in [0.4, 0.5) is 0 Å². The number of aliphatic carboxylic acids is 4. The maximum absolute atomic E-state index is 9.00. The van der Waals surface area contributed by atoms with E-state index >= 15 is 0 Å². The van der Waals surface area contributed by atoms with Crippen LogP contribution in [0.15, 0.2) is 0 Å². The van der Waals surface area contributed by atoms with E-state index in [-0.39, 0.29) is 17.1 Å². The second kappa shape index (κ2) is 36.2. The van der Waals surface area contributed by atoms with Crippen LogP contribution >= 0.6 is 0 Å². The van der Waals surface area contributed by atoms with Crippen molar-refractivity contribution >= 4 is 23.9 Å². The van der Waals surface area contributed by atoms with E-state index in [2.05, 4.69) is 0 Å². The molecule has 10 nitrogen and oxygen atoms in total. The summed E-state index contributed by atoms with van der Waals surface area (Å²) >= 11 is 0. The molecule has 21 heavy (non-hydrogen) atoms. The number of carboxylic acids is 4. The summed E-state index contributed by atoms with van der Waals surface area (Å²) in [4.78, 5) is 36.0. The average molecular weight is 363 g/mol. The largest absolute Gasteiger partial charge is 1.00 e. The molecule has 0 aromatic heterocycles. The first kappa shape index (κ1) is 36.5. The van der Waals surface area contributed by atoms with Gasteiger partial charge in [-0.25, -0.2) is 0 Å². The third kappa shape index (κ3) is 10500. The molecule has 0 atom stereocenters. The minimum atomic E-state index is -0.833. The molecule has 0 aliphatic heterocycles. The molecule has 0 fully saturated rings. The van der Waals surface area contributed by atoms with E-state index in [0.29, 0.717) is 6.54 Å². The summed E-state index contributed by atoms with van der Waals surface area (Å²) in [5.41, 5.74) is 9.62. The molecule has 0 unspecified atom stereocenters. The normalized spacial score (nSPS) is 6.19. The van der Waals surface area contributed by atoms with Crippen LogP contribution in [0.3, 0.4) is 0 Å². The fraction of sp³-hybridized carbons (Fsp3) is 0.500. The van der Waals surface area contributed by atoms with E-state index in [1.54, 1.807) is 0 Å². The first-order valence-corrected chi connectivity index (χ1v) is 4.86. The van der Waals surface area contributed by atoms with Crippen molar-refractivity contribution < 1.29 is 56.7 Å². The summed E-state index contributed by atoms with van der Waals surface area (Å²) in [5.74, 6) is -3.33. The fourth-order valence-electron chi connectivity index (χ4n) is 0. The van der Waals surface area contributed by atoms with E-state index in [0.717, 1.165) is 27.7 Å². The van der Waals surface area contributed by atoms with Gasteiger partial charge in [-0.15, -0.1) is 6.54 Å². The molecule has 0 aliphatic rings. The van der Waals surface area contributed by atoms with Crippen LogP contribution in [-0.2, 0) is 36.2 Å². The Kier molecular flexibility index (Phi) is 63.0. The van der Waals surface area contributed by atoms with Crippen LogP contribution in [0.25, 0.3) is 0 Å². The Balaban J connectivity index is -0.0000000331. The van der Waals surface area contributed by atoms with Gasteiger partial charge in [0.15, 0.2) is 0 Å². The monoisotopic (exact) mass is 362 g/mol. The van der Waals surface area contributed by atoms with Crippen LogP contribution in [0.1, 0.15) is 27.7 Å². The minimum Gasteiger partial charge on any atom is -0.482 e. The smallest absolute Gasteiger partial charge is 0.482 e. The molecule has 0 heterocycles. The third-order valence-corrected chi connectivity index (χ3v) is 0.136. The summed E-state index contributed by atoms with van der Waals surface area (Å²) in [6, 6.07) is 0. The van der Waals surface area contributed by atoms with Gasteiger partial charge < -0.3 is 31.9 Å². The molecule has 132 valence electrons. The second-order valence-corrected chi connectivity index (χ2v) is 2.55. The molecule has 0 rings (SSSR count). The Bertz CT molecular complexity index is 195. The standard InChI is InChI=1S/C2H7N2.4C2H4O2.Cu/c3-1-2-4;4*1-2(3)4;/h1H,2-4H2;4*1H3,(H,3,4);/q-1;;;;;+1. The van der Waals surface area contributed by atoms with Gasteiger partial charge in [0.2, 0.25) is 0 Å². The summed E-state index contributed by atoms with van der Waals surface area (Å²) in [6.07, 6.45) is 0. The van der Waals surface area contributed by atoms with Crippen LogP contribution in [0.2, 0.25) is 0 Å². The number of carboxylic acid groups (broad SMARTS) is 4. The first-order valence-electron chi connectivity index (χ1n) is 4.86. The average Bonchev–Trinajstić information content (AvgIpc) is 2.13. The zero-order chi connectivity index (χ0) is 17.7. The van der Waals surface area contributed by atoms with Gasteiger partial charge in [0.1, 0.15) is 0 Å². The Labute approximate surface area is 133 Å². The molecule has 0 saturated carbocycles. The SMILES string of the molecule is CC(=O)O.CC(=O)O.CC(=O)O.CC(=O)O.N[CH-]CN.[Cu+]. The second-order valence-electron chi connectivity index (χ2n) is 2.55. The molecule has 0 spiro atoms. The van der Waals surface area contributed by atoms with Crippen molar-refractivity contribution in [3.63, 3.8) is 0 Å². The quantitative estimate of drug-likeness (QED) is 0.259. The molecule has 0 aromatic rings. The number of carbonyl (C=O) groups is 4. The Morgan fingerprint density at radius 2 is 0.810 bits per heavy atom. The maximum atomic E-state index is 9.00. The van der Waals surface area contributed by atoms with Gasteiger partial charge in [0.25, 0.3) is 23.9 Å². The van der Waals surface area contributed by atoms with E-state index in [1.807, 2.05) is 0 Å². The van der Waals surface area contributed by atoms with Crippen LogP contribution in [-0.4, -0.2) is 50.8 Å². The Hall–Kier alpha value is -1.68. The first-order chi connectivity index (χ1) is 8.84. The predicted octanol–water partition coefficient (Wildman–Crippen LogP) is -0.573. The molecule has 0 bridgehead atoms. The third-order valence-electron chi connectivity index (χ3n) is 0.136. The Morgan fingerprint density at radius 1 is 0.762 bits per heavy atom. The summed E-state index contributed by atoms with van der Waals surface area (Å²) in [6.45, 7) is 6.21. The zero-order valence-corrected chi connectivity index (χ0v) is 13.1. The van der Waals surface area contributed by atoms with Gasteiger partial charge >= 0.3 is 17.1 Å². The fourth-order valence-corrected chi connectivity index (χ4v) is 0. The molecule has 0 radical (unpaired) electrons. The number of hydrogen-bond donors (Lipinski definition) is 6. The van der Waals surface area contributed by atoms with E-state index in [4.69, 9.17) is 51.1 Å². The number of rotatable bonds is 1. The van der Waals surface area contributed by atoms with E-state index in [1.165, 1.54) is 6.54 Å². The molecule has 8 N–H and O–H groups in total. The van der Waals surface area contributed by atoms with Gasteiger partial charge in [-0.3, -0.25) is 25.7 Å². The van der Waals surface area contributed by atoms with Gasteiger partial charge in [-0.2, -0.15) is 0 Å². The summed E-state index contributed by atoms with van der Waals surface area (Å²) in [5, 5.41) is 29.7. The van der Waals surface area contributed by atoms with Crippen LogP contribution in [0.5, 0.6) is 0 Å². The van der Waals surface area contributed by atoms with E-state index in [9.17, 15) is 0 Å².